The van der Waals surface area contributed by atoms with Crippen LogP contribution >= 0.6 is 0 Å². The van der Waals surface area contributed by atoms with Crippen molar-refractivity contribution in [3.63, 3.8) is 0 Å². The van der Waals surface area contributed by atoms with Gasteiger partial charge in [0.25, 0.3) is 0 Å². The van der Waals surface area contributed by atoms with Crippen LogP contribution < -0.4 is 4.90 Å². The molecule has 1 atom stereocenters. The molecule has 1 nitrogen and oxygen atoms in total. The molecule has 10 aromatic carbocycles. The summed E-state index contributed by atoms with van der Waals surface area (Å²) in [7, 11) is 0. The van der Waals surface area contributed by atoms with Crippen molar-refractivity contribution >= 4 is 17.1 Å². The maximum Gasteiger partial charge on any atom is 0.0540 e. The van der Waals surface area contributed by atoms with Crippen molar-refractivity contribution in [2.75, 3.05) is 4.90 Å². The number of fused-ring (bicyclic) bond motifs is 10. The highest BCUT2D eigenvalue weighted by atomic mass is 15.1. The summed E-state index contributed by atoms with van der Waals surface area (Å²) in [5, 5.41) is 0. The van der Waals surface area contributed by atoms with Crippen LogP contribution in [0.3, 0.4) is 0 Å². The van der Waals surface area contributed by atoms with Crippen LogP contribution in [0.2, 0.25) is 0 Å². The number of rotatable bonds is 7. The molecule has 13 rings (SSSR count). The van der Waals surface area contributed by atoms with Crippen LogP contribution in [0.1, 0.15) is 53.6 Å². The predicted octanol–water partition coefficient (Wildman–Crippen LogP) is 17.4. The third-order valence-corrected chi connectivity index (χ3v) is 15.3. The van der Waals surface area contributed by atoms with Crippen molar-refractivity contribution in [3.05, 3.63) is 270 Å². The molecule has 318 valence electrons. The van der Waals surface area contributed by atoms with Gasteiger partial charge in [0.2, 0.25) is 0 Å². The second-order valence-electron chi connectivity index (χ2n) is 19.1. The Morgan fingerprint density at radius 1 is 0.328 bits per heavy atom. The third kappa shape index (κ3) is 6.01. The van der Waals surface area contributed by atoms with E-state index in [2.05, 4.69) is 255 Å². The van der Waals surface area contributed by atoms with E-state index >= 15 is 0 Å². The zero-order valence-electron chi connectivity index (χ0n) is 37.9. The van der Waals surface area contributed by atoms with Crippen molar-refractivity contribution in [2.24, 2.45) is 0 Å². The van der Waals surface area contributed by atoms with Gasteiger partial charge in [0, 0.05) is 27.8 Å². The molecule has 67 heavy (non-hydrogen) atoms. The Morgan fingerprint density at radius 2 is 0.806 bits per heavy atom. The Bertz CT molecular complexity index is 3540. The first-order valence-corrected chi connectivity index (χ1v) is 23.8. The fourth-order valence-electron chi connectivity index (χ4n) is 12.3. The van der Waals surface area contributed by atoms with E-state index in [0.717, 1.165) is 29.9 Å². The fourth-order valence-corrected chi connectivity index (χ4v) is 12.3. The fraction of sp³-hybridized carbons (Fsp3) is 0.0909. The molecular formula is C66H49N. The molecule has 0 heterocycles. The summed E-state index contributed by atoms with van der Waals surface area (Å²) in [6, 6.07) is 88.3. The lowest BCUT2D eigenvalue weighted by Gasteiger charge is -2.32. The lowest BCUT2D eigenvalue weighted by Crippen LogP contribution is -2.24. The number of hydrogen-bond donors (Lipinski definition) is 0. The van der Waals surface area contributed by atoms with Crippen molar-refractivity contribution in [1.29, 1.82) is 0 Å². The van der Waals surface area contributed by atoms with Crippen molar-refractivity contribution in [2.45, 2.75) is 37.5 Å². The monoisotopic (exact) mass is 855 g/mol. The molecule has 1 spiro atoms. The van der Waals surface area contributed by atoms with Gasteiger partial charge in [-0.25, -0.2) is 0 Å². The number of hydrogen-bond acceptors (Lipinski definition) is 1. The summed E-state index contributed by atoms with van der Waals surface area (Å²) < 4.78 is 0. The van der Waals surface area contributed by atoms with Crippen LogP contribution in [-0.2, 0) is 17.3 Å². The standard InChI is InChI=1S/C66H49N/c1-65(2)60-28-13-9-23-54(60)57-25-16-26-58(64(57)65)56-24-11-15-30-63(56)67(50-39-40-55-53-22-10-14-29-61(53)66(62(55)43-50)42-41-48-19-6-12-27-59(48)66)49-37-35-45(36-38-49)44-31-33-47(34-32-44)52-21-8-7-20-51(52)46-17-4-3-5-18-46/h3-40,43H,41-42H2,1-2H3. The molecule has 1 unspecified atom stereocenters. The van der Waals surface area contributed by atoms with Gasteiger partial charge in [-0.3, -0.25) is 0 Å². The first-order chi connectivity index (χ1) is 33.0. The Balaban J connectivity index is 0.960. The largest absolute Gasteiger partial charge is 0.310 e. The number of para-hydroxylation sites is 1. The van der Waals surface area contributed by atoms with Gasteiger partial charge in [-0.2, -0.15) is 0 Å². The predicted molar refractivity (Wildman–Crippen MR) is 281 cm³/mol. The maximum atomic E-state index is 2.53. The molecule has 0 radical (unpaired) electrons. The topological polar surface area (TPSA) is 3.24 Å². The van der Waals surface area contributed by atoms with Gasteiger partial charge in [0.05, 0.1) is 5.69 Å². The summed E-state index contributed by atoms with van der Waals surface area (Å²) in [6.07, 6.45) is 2.13. The number of nitrogens with zero attached hydrogens (tertiary/aromatic N) is 1. The minimum absolute atomic E-state index is 0.164. The molecule has 0 aliphatic heterocycles. The summed E-state index contributed by atoms with van der Waals surface area (Å²) in [5.41, 5.74) is 26.8. The maximum absolute atomic E-state index is 2.53. The Kier molecular flexibility index (Phi) is 8.99. The van der Waals surface area contributed by atoms with Crippen molar-refractivity contribution in [1.82, 2.24) is 0 Å². The number of aryl methyl sites for hydroxylation is 1. The van der Waals surface area contributed by atoms with Gasteiger partial charge in [-0.15, -0.1) is 0 Å². The summed E-state index contributed by atoms with van der Waals surface area (Å²) in [5.74, 6) is 0. The van der Waals surface area contributed by atoms with Crippen LogP contribution in [0.25, 0.3) is 66.8 Å². The number of benzene rings is 10. The van der Waals surface area contributed by atoms with E-state index in [1.807, 2.05) is 0 Å². The highest BCUT2D eigenvalue weighted by Crippen LogP contribution is 2.60. The van der Waals surface area contributed by atoms with Gasteiger partial charge < -0.3 is 4.90 Å². The minimum atomic E-state index is -0.197. The summed E-state index contributed by atoms with van der Waals surface area (Å²) in [6.45, 7) is 4.79. The molecule has 3 aliphatic rings. The molecule has 0 bridgehead atoms. The Morgan fingerprint density at radius 3 is 1.52 bits per heavy atom. The van der Waals surface area contributed by atoms with Crippen LogP contribution in [0.15, 0.2) is 237 Å². The molecule has 0 saturated carbocycles. The normalized spacial score (nSPS) is 15.7. The summed E-state index contributed by atoms with van der Waals surface area (Å²) >= 11 is 0. The van der Waals surface area contributed by atoms with E-state index in [4.69, 9.17) is 0 Å². The second-order valence-corrected chi connectivity index (χ2v) is 19.1. The first kappa shape index (κ1) is 39.4. The highest BCUT2D eigenvalue weighted by molar-refractivity contribution is 5.96. The molecule has 0 N–H and O–H groups in total. The SMILES string of the molecule is CC1(C)c2ccccc2-c2cccc(-c3ccccc3N(c3ccc(-c4ccc(-c5ccccc5-c5ccccc5)cc4)cc3)c3ccc4c(c3)C3(CCc5ccccc53)c3ccccc3-4)c21. The lowest BCUT2D eigenvalue weighted by molar-refractivity contribution is 0.626. The molecule has 3 aliphatic carbocycles. The molecule has 10 aromatic rings. The third-order valence-electron chi connectivity index (χ3n) is 15.3. The molecule has 0 fully saturated rings. The Hall–Kier alpha value is -8.00. The minimum Gasteiger partial charge on any atom is -0.310 e. The summed E-state index contributed by atoms with van der Waals surface area (Å²) in [4.78, 5) is 2.52. The van der Waals surface area contributed by atoms with E-state index in [9.17, 15) is 0 Å². The van der Waals surface area contributed by atoms with Gasteiger partial charge in [-0.05, 0) is 138 Å². The second kappa shape index (κ2) is 15.3. The van der Waals surface area contributed by atoms with Crippen LogP contribution in [0.5, 0.6) is 0 Å². The molecule has 0 saturated heterocycles. The van der Waals surface area contributed by atoms with Gasteiger partial charge >= 0.3 is 0 Å². The van der Waals surface area contributed by atoms with E-state index in [1.165, 1.54) is 100 Å². The van der Waals surface area contributed by atoms with E-state index in [0.29, 0.717) is 0 Å². The Labute approximate surface area is 394 Å². The van der Waals surface area contributed by atoms with Gasteiger partial charge in [0.1, 0.15) is 0 Å². The molecule has 0 aromatic heterocycles. The van der Waals surface area contributed by atoms with Crippen LogP contribution in [0.4, 0.5) is 17.1 Å². The van der Waals surface area contributed by atoms with E-state index < -0.39 is 0 Å². The van der Waals surface area contributed by atoms with E-state index in [1.54, 1.807) is 0 Å². The zero-order valence-corrected chi connectivity index (χ0v) is 37.9. The van der Waals surface area contributed by atoms with Crippen LogP contribution in [0, 0.1) is 0 Å². The highest BCUT2D eigenvalue weighted by Gasteiger charge is 2.48. The quantitative estimate of drug-likeness (QED) is 0.154. The zero-order chi connectivity index (χ0) is 44.7. The first-order valence-electron chi connectivity index (χ1n) is 23.8. The average Bonchev–Trinajstić information content (AvgIpc) is 4.00. The van der Waals surface area contributed by atoms with Crippen molar-refractivity contribution < 1.29 is 0 Å². The average molecular weight is 856 g/mol. The van der Waals surface area contributed by atoms with Gasteiger partial charge in [-0.1, -0.05) is 220 Å². The number of anilines is 3. The lowest BCUT2D eigenvalue weighted by atomic mass is 9.73. The molecular weight excluding hydrogens is 807 g/mol. The molecule has 0 amide bonds. The van der Waals surface area contributed by atoms with Crippen molar-refractivity contribution in [3.8, 4) is 66.8 Å². The van der Waals surface area contributed by atoms with E-state index in [-0.39, 0.29) is 10.8 Å². The van der Waals surface area contributed by atoms with Crippen LogP contribution in [-0.4, -0.2) is 0 Å². The molecule has 1 heteroatoms. The van der Waals surface area contributed by atoms with Gasteiger partial charge in [0.15, 0.2) is 0 Å². The smallest absolute Gasteiger partial charge is 0.0540 e.